The van der Waals surface area contributed by atoms with Gasteiger partial charge in [-0.1, -0.05) is 6.08 Å². The number of rotatable bonds is 2. The normalized spacial score (nSPS) is 19.2. The minimum absolute atomic E-state index is 0.377. The van der Waals surface area contributed by atoms with Gasteiger partial charge >= 0.3 is 7.12 Å². The largest absolute Gasteiger partial charge is 0.488 e. The molecule has 0 amide bonds. The lowest BCUT2D eigenvalue weighted by Crippen LogP contribution is -2.73. The summed E-state index contributed by atoms with van der Waals surface area (Å²) >= 11 is 0. The summed E-state index contributed by atoms with van der Waals surface area (Å²) in [5.74, 6) is 0. The first kappa shape index (κ1) is 9.92. The quantitative estimate of drug-likeness (QED) is 0.393. The summed E-state index contributed by atoms with van der Waals surface area (Å²) in [5.41, 5.74) is 1.47. The fourth-order valence-corrected chi connectivity index (χ4v) is 1.06. The Morgan fingerprint density at radius 3 is 2.69 bits per heavy atom. The standard InChI is InChI=1S/C8H11BN2O2/c1-11-5-6-4-7(9(12)13)2-3-8(6)10/h2-5,10-13H,1H3/p+1/b6-5-,10-8?. The van der Waals surface area contributed by atoms with Crippen molar-refractivity contribution in [1.82, 2.24) is 0 Å². The van der Waals surface area contributed by atoms with Crippen molar-refractivity contribution >= 4 is 12.8 Å². The van der Waals surface area contributed by atoms with Crippen LogP contribution < -0.4 is 5.32 Å². The zero-order chi connectivity index (χ0) is 9.84. The highest BCUT2D eigenvalue weighted by Gasteiger charge is 2.17. The van der Waals surface area contributed by atoms with Crippen molar-refractivity contribution in [2.75, 3.05) is 7.05 Å². The van der Waals surface area contributed by atoms with Crippen LogP contribution in [0.15, 0.2) is 35.5 Å². The van der Waals surface area contributed by atoms with Gasteiger partial charge in [0.25, 0.3) is 0 Å². The number of nitrogens with two attached hydrogens (primary N) is 1. The molecule has 0 bridgehead atoms. The Labute approximate surface area is 76.9 Å². The van der Waals surface area contributed by atoms with E-state index in [0.717, 1.165) is 0 Å². The molecular weight excluding hydrogens is 167 g/mol. The summed E-state index contributed by atoms with van der Waals surface area (Å²) in [5, 5.41) is 27.1. The summed E-state index contributed by atoms with van der Waals surface area (Å²) in [6.45, 7) is 0. The molecule has 1 aliphatic carbocycles. The number of hydrogen-bond acceptors (Lipinski definition) is 3. The van der Waals surface area contributed by atoms with E-state index in [1.54, 1.807) is 23.7 Å². The van der Waals surface area contributed by atoms with Gasteiger partial charge in [0.2, 0.25) is 0 Å². The van der Waals surface area contributed by atoms with E-state index in [9.17, 15) is 0 Å². The summed E-state index contributed by atoms with van der Waals surface area (Å²) in [4.78, 5) is 0. The molecule has 1 aliphatic rings. The Hall–Kier alpha value is -1.17. The van der Waals surface area contributed by atoms with Gasteiger partial charge in [0.1, 0.15) is 6.20 Å². The SMILES string of the molecule is C[NH2+]/C=C1/C=C(B(O)O)C=CC1=N. The minimum atomic E-state index is -1.47. The van der Waals surface area contributed by atoms with Gasteiger partial charge in [0, 0.05) is 0 Å². The van der Waals surface area contributed by atoms with Gasteiger partial charge in [0.05, 0.1) is 18.3 Å². The Kier molecular flexibility index (Phi) is 3.19. The maximum absolute atomic E-state index is 8.88. The molecule has 0 heterocycles. The molecule has 4 nitrogen and oxygen atoms in total. The van der Waals surface area contributed by atoms with Crippen LogP contribution >= 0.6 is 0 Å². The number of nitrogens with one attached hydrogen (secondary N) is 1. The van der Waals surface area contributed by atoms with Crippen LogP contribution in [0.25, 0.3) is 0 Å². The maximum Gasteiger partial charge on any atom is 0.488 e. The Bertz CT molecular complexity index is 305. The van der Waals surface area contributed by atoms with E-state index in [4.69, 9.17) is 15.5 Å². The van der Waals surface area contributed by atoms with Crippen molar-refractivity contribution in [3.8, 4) is 0 Å². The number of allylic oxidation sites excluding steroid dienone is 5. The average Bonchev–Trinajstić information content (AvgIpc) is 2.08. The molecular formula is C8H12BN2O2+. The van der Waals surface area contributed by atoms with Gasteiger partial charge in [-0.3, -0.25) is 0 Å². The van der Waals surface area contributed by atoms with Crippen LogP contribution in [-0.4, -0.2) is 29.9 Å². The van der Waals surface area contributed by atoms with Gasteiger partial charge in [-0.2, -0.15) is 0 Å². The molecule has 0 unspecified atom stereocenters. The molecule has 0 aliphatic heterocycles. The Balaban J connectivity index is 2.93. The predicted molar refractivity (Wildman–Crippen MR) is 51.1 cm³/mol. The van der Waals surface area contributed by atoms with E-state index in [1.807, 2.05) is 7.05 Å². The summed E-state index contributed by atoms with van der Waals surface area (Å²) in [6.07, 6.45) is 6.42. The molecule has 0 spiro atoms. The molecule has 68 valence electrons. The Morgan fingerprint density at radius 2 is 2.15 bits per heavy atom. The summed E-state index contributed by atoms with van der Waals surface area (Å²) < 4.78 is 0. The predicted octanol–water partition coefficient (Wildman–Crippen LogP) is -1.41. The van der Waals surface area contributed by atoms with Crippen LogP contribution in [0, 0.1) is 5.41 Å². The van der Waals surface area contributed by atoms with Crippen LogP contribution in [0.4, 0.5) is 0 Å². The number of quaternary nitrogens is 1. The monoisotopic (exact) mass is 179 g/mol. The molecule has 0 atom stereocenters. The van der Waals surface area contributed by atoms with E-state index in [2.05, 4.69) is 0 Å². The lowest BCUT2D eigenvalue weighted by Gasteiger charge is -2.08. The molecule has 0 saturated heterocycles. The van der Waals surface area contributed by atoms with Crippen molar-refractivity contribution in [2.45, 2.75) is 0 Å². The van der Waals surface area contributed by atoms with E-state index < -0.39 is 7.12 Å². The van der Waals surface area contributed by atoms with Crippen LogP contribution in [-0.2, 0) is 0 Å². The van der Waals surface area contributed by atoms with Crippen LogP contribution in [0.1, 0.15) is 0 Å². The molecule has 0 aromatic rings. The number of hydrogen-bond donors (Lipinski definition) is 4. The second-order valence-electron chi connectivity index (χ2n) is 2.72. The third kappa shape index (κ3) is 2.38. The van der Waals surface area contributed by atoms with Crippen molar-refractivity contribution in [1.29, 1.82) is 5.41 Å². The summed E-state index contributed by atoms with van der Waals surface area (Å²) in [6, 6.07) is 0. The third-order valence-electron chi connectivity index (χ3n) is 1.72. The fraction of sp³-hybridized carbons (Fsp3) is 0.125. The zero-order valence-corrected chi connectivity index (χ0v) is 7.36. The van der Waals surface area contributed by atoms with Gasteiger partial charge < -0.3 is 20.8 Å². The molecule has 0 aromatic carbocycles. The first-order valence-corrected chi connectivity index (χ1v) is 3.99. The first-order valence-electron chi connectivity index (χ1n) is 3.99. The molecule has 5 heteroatoms. The van der Waals surface area contributed by atoms with Crippen molar-refractivity contribution in [3.05, 3.63) is 35.5 Å². The third-order valence-corrected chi connectivity index (χ3v) is 1.72. The van der Waals surface area contributed by atoms with Crippen molar-refractivity contribution in [2.24, 2.45) is 0 Å². The average molecular weight is 179 g/mol. The molecule has 0 fully saturated rings. The highest BCUT2D eigenvalue weighted by atomic mass is 16.4. The second-order valence-corrected chi connectivity index (χ2v) is 2.72. The van der Waals surface area contributed by atoms with E-state index in [1.165, 1.54) is 6.08 Å². The van der Waals surface area contributed by atoms with E-state index >= 15 is 0 Å². The van der Waals surface area contributed by atoms with Gasteiger partial charge in [-0.25, -0.2) is 0 Å². The van der Waals surface area contributed by atoms with Crippen LogP contribution in [0.2, 0.25) is 0 Å². The fourth-order valence-electron chi connectivity index (χ4n) is 1.06. The maximum atomic E-state index is 8.88. The molecule has 0 radical (unpaired) electrons. The van der Waals surface area contributed by atoms with E-state index in [0.29, 0.717) is 16.8 Å². The lowest BCUT2D eigenvalue weighted by molar-refractivity contribution is -0.556. The van der Waals surface area contributed by atoms with Gasteiger partial charge in [-0.05, 0) is 17.6 Å². The lowest BCUT2D eigenvalue weighted by atomic mass is 9.76. The summed E-state index contributed by atoms with van der Waals surface area (Å²) in [7, 11) is 0.381. The topological polar surface area (TPSA) is 80.9 Å². The van der Waals surface area contributed by atoms with Gasteiger partial charge in [0.15, 0.2) is 0 Å². The molecule has 0 saturated carbocycles. The molecule has 1 rings (SSSR count). The highest BCUT2D eigenvalue weighted by Crippen LogP contribution is 2.12. The molecule has 5 N–H and O–H groups in total. The van der Waals surface area contributed by atoms with E-state index in [-0.39, 0.29) is 0 Å². The second kappa shape index (κ2) is 4.18. The smallest absolute Gasteiger partial charge is 0.423 e. The Morgan fingerprint density at radius 1 is 1.46 bits per heavy atom. The van der Waals surface area contributed by atoms with Crippen molar-refractivity contribution in [3.63, 3.8) is 0 Å². The van der Waals surface area contributed by atoms with Gasteiger partial charge in [-0.15, -0.1) is 0 Å². The first-order chi connectivity index (χ1) is 6.15. The van der Waals surface area contributed by atoms with Crippen molar-refractivity contribution < 1.29 is 15.4 Å². The van der Waals surface area contributed by atoms with Crippen LogP contribution in [0.3, 0.4) is 0 Å². The zero-order valence-electron chi connectivity index (χ0n) is 7.36. The molecule has 13 heavy (non-hydrogen) atoms. The highest BCUT2D eigenvalue weighted by molar-refractivity contribution is 6.52. The molecule has 0 aromatic heterocycles. The van der Waals surface area contributed by atoms with Crippen LogP contribution in [0.5, 0.6) is 0 Å². The minimum Gasteiger partial charge on any atom is -0.423 e.